The molecule has 4 heteroatoms. The molecule has 114 valence electrons. The topological polar surface area (TPSA) is 57.6 Å². The number of hydrogen-bond donors (Lipinski definition) is 1. The summed E-state index contributed by atoms with van der Waals surface area (Å²) in [6, 6.07) is 0.162. The minimum absolute atomic E-state index is 0.0795. The van der Waals surface area contributed by atoms with Crippen molar-refractivity contribution in [3.8, 4) is 0 Å². The molecule has 0 aromatic rings. The zero-order chi connectivity index (χ0) is 15.1. The van der Waals surface area contributed by atoms with Gasteiger partial charge in [-0.25, -0.2) is 4.79 Å². The maximum atomic E-state index is 12.0. The second-order valence-electron chi connectivity index (χ2n) is 7.60. The minimum atomic E-state index is -0.950. The van der Waals surface area contributed by atoms with Crippen molar-refractivity contribution in [3.05, 3.63) is 0 Å². The molecule has 2 saturated carbocycles. The third-order valence-corrected chi connectivity index (χ3v) is 5.15. The van der Waals surface area contributed by atoms with Gasteiger partial charge in [0.15, 0.2) is 0 Å². The van der Waals surface area contributed by atoms with Crippen LogP contribution >= 0.6 is 0 Å². The Hall–Kier alpha value is -1.06. The van der Waals surface area contributed by atoms with Gasteiger partial charge in [-0.05, 0) is 49.9 Å². The van der Waals surface area contributed by atoms with Gasteiger partial charge in [0.25, 0.3) is 0 Å². The molecule has 0 bridgehead atoms. The lowest BCUT2D eigenvalue weighted by Crippen LogP contribution is -2.59. The van der Waals surface area contributed by atoms with Gasteiger partial charge >= 0.3 is 5.97 Å². The predicted octanol–water partition coefficient (Wildman–Crippen LogP) is 3.06. The summed E-state index contributed by atoms with van der Waals surface area (Å²) in [6.07, 6.45) is 4.90. The highest BCUT2D eigenvalue weighted by Crippen LogP contribution is 2.46. The van der Waals surface area contributed by atoms with Gasteiger partial charge in [-0.1, -0.05) is 20.8 Å². The maximum Gasteiger partial charge on any atom is 0.329 e. The van der Waals surface area contributed by atoms with Crippen LogP contribution in [0.2, 0.25) is 0 Å². The molecule has 0 aromatic carbocycles. The average molecular weight is 281 g/mol. The van der Waals surface area contributed by atoms with Crippen molar-refractivity contribution in [3.63, 3.8) is 0 Å². The van der Waals surface area contributed by atoms with Gasteiger partial charge in [-0.3, -0.25) is 4.79 Å². The van der Waals surface area contributed by atoms with E-state index in [2.05, 4.69) is 20.8 Å². The fourth-order valence-electron chi connectivity index (χ4n) is 3.76. The Balaban J connectivity index is 2.21. The molecule has 0 unspecified atom stereocenters. The maximum absolute atomic E-state index is 12.0. The molecule has 2 aliphatic carbocycles. The Morgan fingerprint density at radius 1 is 1.10 bits per heavy atom. The van der Waals surface area contributed by atoms with Crippen LogP contribution in [0.15, 0.2) is 0 Å². The van der Waals surface area contributed by atoms with E-state index < -0.39 is 11.5 Å². The van der Waals surface area contributed by atoms with Crippen molar-refractivity contribution in [1.29, 1.82) is 0 Å². The number of carbonyl (C=O) groups excluding carboxylic acids is 1. The third-order valence-electron chi connectivity index (χ3n) is 5.15. The van der Waals surface area contributed by atoms with Crippen LogP contribution in [0.5, 0.6) is 0 Å². The Morgan fingerprint density at radius 2 is 1.60 bits per heavy atom. The van der Waals surface area contributed by atoms with Crippen molar-refractivity contribution in [2.24, 2.45) is 11.3 Å². The van der Waals surface area contributed by atoms with E-state index in [0.717, 1.165) is 25.7 Å². The Morgan fingerprint density at radius 3 is 1.90 bits per heavy atom. The minimum Gasteiger partial charge on any atom is -0.479 e. The molecule has 0 heterocycles. The number of rotatable bonds is 3. The van der Waals surface area contributed by atoms with Crippen molar-refractivity contribution in [1.82, 2.24) is 4.90 Å². The number of amides is 1. The smallest absolute Gasteiger partial charge is 0.329 e. The summed E-state index contributed by atoms with van der Waals surface area (Å²) >= 11 is 0. The van der Waals surface area contributed by atoms with E-state index in [1.54, 1.807) is 4.90 Å². The van der Waals surface area contributed by atoms with Gasteiger partial charge in [-0.2, -0.15) is 0 Å². The highest BCUT2D eigenvalue weighted by Gasteiger charge is 2.53. The van der Waals surface area contributed by atoms with Crippen LogP contribution < -0.4 is 0 Å². The standard InChI is InChI=1S/C16H27NO3/c1-11(18)17(13-5-6-13)16(14(19)20)9-7-12(8-10-16)15(2,3)4/h12-13H,5-10H2,1-4H3,(H,19,20). The van der Waals surface area contributed by atoms with Gasteiger partial charge in [0.2, 0.25) is 5.91 Å². The van der Waals surface area contributed by atoms with E-state index in [1.165, 1.54) is 6.92 Å². The molecule has 1 N–H and O–H groups in total. The largest absolute Gasteiger partial charge is 0.479 e. The van der Waals surface area contributed by atoms with Gasteiger partial charge in [-0.15, -0.1) is 0 Å². The number of carboxylic acids is 1. The first-order chi connectivity index (χ1) is 9.18. The monoisotopic (exact) mass is 281 g/mol. The van der Waals surface area contributed by atoms with E-state index in [0.29, 0.717) is 18.8 Å². The van der Waals surface area contributed by atoms with Gasteiger partial charge in [0.05, 0.1) is 0 Å². The highest BCUT2D eigenvalue weighted by atomic mass is 16.4. The molecule has 2 aliphatic rings. The fourth-order valence-corrected chi connectivity index (χ4v) is 3.76. The summed E-state index contributed by atoms with van der Waals surface area (Å²) in [4.78, 5) is 25.6. The van der Waals surface area contributed by atoms with E-state index >= 15 is 0 Å². The number of carboxylic acid groups (broad SMARTS) is 1. The third kappa shape index (κ3) is 2.70. The van der Waals surface area contributed by atoms with E-state index in [4.69, 9.17) is 0 Å². The first kappa shape index (κ1) is 15.3. The molecule has 2 fully saturated rings. The molecule has 0 atom stereocenters. The van der Waals surface area contributed by atoms with Crippen molar-refractivity contribution >= 4 is 11.9 Å². The second-order valence-corrected chi connectivity index (χ2v) is 7.60. The SMILES string of the molecule is CC(=O)N(C1CC1)C1(C(=O)O)CCC(C(C)(C)C)CC1. The Kier molecular flexibility index (Phi) is 3.87. The van der Waals surface area contributed by atoms with Crippen LogP contribution in [0.1, 0.15) is 66.2 Å². The van der Waals surface area contributed by atoms with Crippen LogP contribution in [0.4, 0.5) is 0 Å². The van der Waals surface area contributed by atoms with Gasteiger partial charge in [0, 0.05) is 13.0 Å². The van der Waals surface area contributed by atoms with Crippen LogP contribution in [-0.4, -0.2) is 33.5 Å². The molecule has 0 aromatic heterocycles. The zero-order valence-electron chi connectivity index (χ0n) is 13.1. The normalized spacial score (nSPS) is 30.9. The summed E-state index contributed by atoms with van der Waals surface area (Å²) in [7, 11) is 0. The fraction of sp³-hybridized carbons (Fsp3) is 0.875. The number of aliphatic carboxylic acids is 1. The molecule has 20 heavy (non-hydrogen) atoms. The lowest BCUT2D eigenvalue weighted by atomic mass is 9.66. The molecular formula is C16H27NO3. The number of hydrogen-bond acceptors (Lipinski definition) is 2. The van der Waals surface area contributed by atoms with Crippen molar-refractivity contribution in [2.75, 3.05) is 0 Å². The molecule has 2 rings (SSSR count). The zero-order valence-corrected chi connectivity index (χ0v) is 13.1. The highest BCUT2D eigenvalue weighted by molar-refractivity contribution is 5.86. The number of nitrogens with zero attached hydrogens (tertiary/aromatic N) is 1. The molecule has 0 aliphatic heterocycles. The van der Waals surface area contributed by atoms with Crippen LogP contribution in [-0.2, 0) is 9.59 Å². The van der Waals surface area contributed by atoms with Crippen molar-refractivity contribution < 1.29 is 14.7 Å². The molecule has 0 radical (unpaired) electrons. The first-order valence-corrected chi connectivity index (χ1v) is 7.72. The lowest BCUT2D eigenvalue weighted by molar-refractivity contribution is -0.163. The average Bonchev–Trinajstić information content (AvgIpc) is 3.12. The van der Waals surface area contributed by atoms with Gasteiger partial charge in [0.1, 0.15) is 5.54 Å². The Bertz CT molecular complexity index is 398. The summed E-state index contributed by atoms with van der Waals surface area (Å²) in [5, 5.41) is 9.78. The van der Waals surface area contributed by atoms with Crippen LogP contribution in [0.3, 0.4) is 0 Å². The Labute approximate surface area is 121 Å². The summed E-state index contributed by atoms with van der Waals surface area (Å²) in [6.45, 7) is 8.16. The molecule has 4 nitrogen and oxygen atoms in total. The first-order valence-electron chi connectivity index (χ1n) is 7.72. The predicted molar refractivity (Wildman–Crippen MR) is 77.3 cm³/mol. The molecule has 0 spiro atoms. The van der Waals surface area contributed by atoms with E-state index in [1.807, 2.05) is 0 Å². The summed E-state index contributed by atoms with van der Waals surface area (Å²) < 4.78 is 0. The van der Waals surface area contributed by atoms with Gasteiger partial charge < -0.3 is 10.0 Å². The quantitative estimate of drug-likeness (QED) is 0.865. The van der Waals surface area contributed by atoms with E-state index in [9.17, 15) is 14.7 Å². The summed E-state index contributed by atoms with van der Waals surface area (Å²) in [5.74, 6) is -0.348. The second kappa shape index (κ2) is 5.05. The lowest BCUT2D eigenvalue weighted by Gasteiger charge is -2.47. The van der Waals surface area contributed by atoms with Crippen LogP contribution in [0.25, 0.3) is 0 Å². The van der Waals surface area contributed by atoms with Crippen LogP contribution in [0, 0.1) is 11.3 Å². The van der Waals surface area contributed by atoms with Crippen molar-refractivity contribution in [2.45, 2.75) is 77.8 Å². The molecular weight excluding hydrogens is 254 g/mol. The number of carbonyl (C=O) groups is 2. The molecule has 0 saturated heterocycles. The summed E-state index contributed by atoms with van der Waals surface area (Å²) in [5.41, 5.74) is -0.736. The van der Waals surface area contributed by atoms with E-state index in [-0.39, 0.29) is 17.4 Å². The molecule has 1 amide bonds.